The van der Waals surface area contributed by atoms with Crippen LogP contribution in [0.1, 0.15) is 16.7 Å². The highest BCUT2D eigenvalue weighted by Gasteiger charge is 2.45. The molecule has 0 amide bonds. The molecule has 0 N–H and O–H groups in total. The van der Waals surface area contributed by atoms with E-state index in [0.717, 1.165) is 17.5 Å². The van der Waals surface area contributed by atoms with Crippen molar-refractivity contribution in [1.29, 1.82) is 0 Å². The molecule has 1 unspecified atom stereocenters. The summed E-state index contributed by atoms with van der Waals surface area (Å²) in [6, 6.07) is 18.0. The number of benzene rings is 2. The van der Waals surface area contributed by atoms with Crippen molar-refractivity contribution in [2.45, 2.75) is 25.6 Å². The van der Waals surface area contributed by atoms with E-state index in [9.17, 15) is 8.42 Å². The molecule has 4 nitrogen and oxygen atoms in total. The third-order valence-corrected chi connectivity index (χ3v) is 6.50. The summed E-state index contributed by atoms with van der Waals surface area (Å²) in [6.07, 6.45) is 0.806. The van der Waals surface area contributed by atoms with Gasteiger partial charge in [-0.1, -0.05) is 54.6 Å². The lowest BCUT2D eigenvalue weighted by molar-refractivity contribution is 0.316. The summed E-state index contributed by atoms with van der Waals surface area (Å²) in [4.78, 5) is 0. The molecule has 0 spiro atoms. The second-order valence-electron chi connectivity index (χ2n) is 5.96. The molecule has 114 valence electrons. The molecule has 0 aromatic heterocycles. The van der Waals surface area contributed by atoms with Crippen LogP contribution < -0.4 is 0 Å². The van der Waals surface area contributed by atoms with Gasteiger partial charge in [-0.05, 0) is 23.1 Å². The smallest absolute Gasteiger partial charge is 0.195 e. The van der Waals surface area contributed by atoms with Crippen molar-refractivity contribution in [2.75, 3.05) is 6.54 Å². The van der Waals surface area contributed by atoms with Gasteiger partial charge in [-0.15, -0.1) is 0 Å². The molecule has 1 saturated heterocycles. The van der Waals surface area contributed by atoms with E-state index in [0.29, 0.717) is 19.6 Å². The third kappa shape index (κ3) is 2.26. The largest absolute Gasteiger partial charge is 0.282 e. The first-order valence-electron chi connectivity index (χ1n) is 7.52. The molecule has 4 rings (SSSR count). The zero-order valence-electron chi connectivity index (χ0n) is 12.2. The van der Waals surface area contributed by atoms with Crippen molar-refractivity contribution in [3.63, 3.8) is 0 Å². The van der Waals surface area contributed by atoms with Gasteiger partial charge >= 0.3 is 0 Å². The Labute approximate surface area is 131 Å². The lowest BCUT2D eigenvalue weighted by Gasteiger charge is -2.28. The van der Waals surface area contributed by atoms with Gasteiger partial charge in [-0.3, -0.25) is 0 Å². The summed E-state index contributed by atoms with van der Waals surface area (Å²) in [5, 5.41) is 0. The van der Waals surface area contributed by atoms with Gasteiger partial charge in [0, 0.05) is 25.7 Å². The fourth-order valence-electron chi connectivity index (χ4n) is 3.40. The van der Waals surface area contributed by atoms with Crippen LogP contribution in [-0.4, -0.2) is 29.6 Å². The minimum atomic E-state index is -3.36. The zero-order chi connectivity index (χ0) is 15.2. The summed E-state index contributed by atoms with van der Waals surface area (Å²) in [6.45, 7) is 1.52. The molecule has 2 aliphatic rings. The highest BCUT2D eigenvalue weighted by molar-refractivity contribution is 7.87. The maximum Gasteiger partial charge on any atom is 0.282 e. The lowest BCUT2D eigenvalue weighted by Crippen LogP contribution is -2.39. The molecule has 0 saturated carbocycles. The number of fused-ring (bicyclic) bond motifs is 2. The van der Waals surface area contributed by atoms with Gasteiger partial charge < -0.3 is 0 Å². The topological polar surface area (TPSA) is 40.6 Å². The van der Waals surface area contributed by atoms with Crippen molar-refractivity contribution in [3.05, 3.63) is 71.3 Å². The van der Waals surface area contributed by atoms with Gasteiger partial charge in [0.05, 0.1) is 0 Å². The van der Waals surface area contributed by atoms with Crippen molar-refractivity contribution in [3.8, 4) is 0 Å². The minimum Gasteiger partial charge on any atom is -0.195 e. The molecule has 1 fully saturated rings. The van der Waals surface area contributed by atoms with Crippen LogP contribution in [0.5, 0.6) is 0 Å². The number of hydrogen-bond donors (Lipinski definition) is 0. The fraction of sp³-hybridized carbons (Fsp3) is 0.294. The van der Waals surface area contributed by atoms with Gasteiger partial charge in [0.2, 0.25) is 0 Å². The van der Waals surface area contributed by atoms with Crippen LogP contribution in [0.3, 0.4) is 0 Å². The molecule has 2 aromatic rings. The predicted molar refractivity (Wildman–Crippen MR) is 85.2 cm³/mol. The van der Waals surface area contributed by atoms with Crippen LogP contribution in [0.4, 0.5) is 0 Å². The van der Waals surface area contributed by atoms with Crippen molar-refractivity contribution in [1.82, 2.24) is 8.61 Å². The maximum absolute atomic E-state index is 12.8. The van der Waals surface area contributed by atoms with Crippen LogP contribution in [0, 0.1) is 0 Å². The first-order valence-corrected chi connectivity index (χ1v) is 8.92. The van der Waals surface area contributed by atoms with Crippen molar-refractivity contribution in [2.24, 2.45) is 0 Å². The highest BCUT2D eigenvalue weighted by Crippen LogP contribution is 2.33. The minimum absolute atomic E-state index is 0.0589. The van der Waals surface area contributed by atoms with Crippen LogP contribution in [-0.2, 0) is 29.7 Å². The monoisotopic (exact) mass is 314 g/mol. The Morgan fingerprint density at radius 1 is 0.955 bits per heavy atom. The molecule has 5 heteroatoms. The van der Waals surface area contributed by atoms with E-state index in [1.807, 2.05) is 48.5 Å². The highest BCUT2D eigenvalue weighted by atomic mass is 32.2. The zero-order valence-corrected chi connectivity index (χ0v) is 13.0. The van der Waals surface area contributed by atoms with E-state index in [-0.39, 0.29) is 6.04 Å². The standard InChI is InChI=1S/C17H18N2O2S/c20-22(21)18(11-14-6-2-1-3-7-14)13-17-10-15-8-4-5-9-16(15)12-19(17)22/h1-9,17H,10-13H2. The maximum atomic E-state index is 12.8. The van der Waals surface area contributed by atoms with Crippen molar-refractivity contribution < 1.29 is 8.42 Å². The summed E-state index contributed by atoms with van der Waals surface area (Å²) in [5.41, 5.74) is 3.44. The number of hydrogen-bond acceptors (Lipinski definition) is 2. The van der Waals surface area contributed by atoms with Crippen LogP contribution in [0.25, 0.3) is 0 Å². The first-order chi connectivity index (χ1) is 10.6. The van der Waals surface area contributed by atoms with Crippen LogP contribution >= 0.6 is 0 Å². The molecule has 2 aromatic carbocycles. The van der Waals surface area contributed by atoms with E-state index in [1.165, 1.54) is 5.56 Å². The van der Waals surface area contributed by atoms with E-state index in [1.54, 1.807) is 8.61 Å². The predicted octanol–water partition coefficient (Wildman–Crippen LogP) is 2.17. The summed E-state index contributed by atoms with van der Waals surface area (Å²) >= 11 is 0. The van der Waals surface area contributed by atoms with E-state index < -0.39 is 10.2 Å². The third-order valence-electron chi connectivity index (χ3n) is 4.55. The van der Waals surface area contributed by atoms with Gasteiger partial charge in [0.25, 0.3) is 10.2 Å². The molecule has 1 atom stereocenters. The summed E-state index contributed by atoms with van der Waals surface area (Å²) in [5.74, 6) is 0. The number of nitrogens with zero attached hydrogens (tertiary/aromatic N) is 2. The van der Waals surface area contributed by atoms with E-state index in [4.69, 9.17) is 0 Å². The molecule has 0 radical (unpaired) electrons. The Morgan fingerprint density at radius 3 is 2.41 bits per heavy atom. The van der Waals surface area contributed by atoms with Gasteiger partial charge in [0.15, 0.2) is 0 Å². The Hall–Kier alpha value is -1.69. The lowest BCUT2D eigenvalue weighted by atomic mass is 9.96. The summed E-state index contributed by atoms with van der Waals surface area (Å²) in [7, 11) is -3.36. The molecular formula is C17H18N2O2S. The van der Waals surface area contributed by atoms with Crippen molar-refractivity contribution >= 4 is 10.2 Å². The normalized spacial score (nSPS) is 23.9. The Morgan fingerprint density at radius 2 is 1.64 bits per heavy atom. The van der Waals surface area contributed by atoms with Gasteiger partial charge in [-0.25, -0.2) is 0 Å². The van der Waals surface area contributed by atoms with E-state index >= 15 is 0 Å². The average Bonchev–Trinajstić information content (AvgIpc) is 2.77. The molecule has 22 heavy (non-hydrogen) atoms. The number of rotatable bonds is 2. The van der Waals surface area contributed by atoms with Gasteiger partial charge in [0.1, 0.15) is 0 Å². The Kier molecular flexibility index (Phi) is 3.29. The average molecular weight is 314 g/mol. The molecule has 2 aliphatic heterocycles. The Bertz CT molecular complexity index is 789. The molecule has 0 aliphatic carbocycles. The molecular weight excluding hydrogens is 296 g/mol. The fourth-order valence-corrected chi connectivity index (χ4v) is 5.19. The quantitative estimate of drug-likeness (QED) is 0.852. The summed E-state index contributed by atoms with van der Waals surface area (Å²) < 4.78 is 28.9. The van der Waals surface area contributed by atoms with Gasteiger partial charge in [-0.2, -0.15) is 17.0 Å². The van der Waals surface area contributed by atoms with Crippen LogP contribution in [0.2, 0.25) is 0 Å². The second kappa shape index (κ2) is 5.19. The Balaban J connectivity index is 1.62. The van der Waals surface area contributed by atoms with E-state index in [2.05, 4.69) is 6.07 Å². The van der Waals surface area contributed by atoms with Crippen LogP contribution in [0.15, 0.2) is 54.6 Å². The molecule has 0 bridgehead atoms. The SMILES string of the molecule is O=S1(=O)N(Cc2ccccc2)CC2Cc3ccccc3CN21. The first kappa shape index (κ1) is 13.9. The second-order valence-corrected chi connectivity index (χ2v) is 7.84. The molecule has 2 heterocycles.